The van der Waals surface area contributed by atoms with Gasteiger partial charge in [-0.3, -0.25) is 19.2 Å². The predicted molar refractivity (Wildman–Crippen MR) is 114 cm³/mol. The van der Waals surface area contributed by atoms with Crippen LogP contribution in [-0.4, -0.2) is 49.9 Å². The van der Waals surface area contributed by atoms with Crippen molar-refractivity contribution in [3.05, 3.63) is 59.2 Å². The minimum atomic E-state index is -0.959. The van der Waals surface area contributed by atoms with E-state index < -0.39 is 12.0 Å². The van der Waals surface area contributed by atoms with Crippen LogP contribution in [0, 0.1) is 11.7 Å². The average molecular weight is 430 g/mol. The van der Waals surface area contributed by atoms with Gasteiger partial charge in [0, 0.05) is 41.6 Å². The van der Waals surface area contributed by atoms with Gasteiger partial charge in [0.2, 0.25) is 0 Å². The van der Waals surface area contributed by atoms with Crippen molar-refractivity contribution >= 4 is 30.5 Å². The van der Waals surface area contributed by atoms with Crippen LogP contribution in [0.3, 0.4) is 0 Å². The fourth-order valence-electron chi connectivity index (χ4n) is 3.97. The highest BCUT2D eigenvalue weighted by Crippen LogP contribution is 2.39. The second-order valence-electron chi connectivity index (χ2n) is 7.96. The van der Waals surface area contributed by atoms with Crippen molar-refractivity contribution in [2.45, 2.75) is 37.1 Å². The molecular formula is C22H24FN3O3S. The number of aliphatic carboxylic acids is 1. The maximum atomic E-state index is 14.6. The number of ketones is 1. The minimum absolute atomic E-state index is 0.0152. The van der Waals surface area contributed by atoms with Gasteiger partial charge in [0.1, 0.15) is 12.4 Å². The van der Waals surface area contributed by atoms with Gasteiger partial charge in [-0.15, -0.1) is 0 Å². The first-order valence-corrected chi connectivity index (χ1v) is 10.6. The lowest BCUT2D eigenvalue weighted by molar-refractivity contribution is -0.137. The van der Waals surface area contributed by atoms with Crippen molar-refractivity contribution in [3.63, 3.8) is 0 Å². The van der Waals surface area contributed by atoms with E-state index in [2.05, 4.69) is 5.10 Å². The first-order valence-electron chi connectivity index (χ1n) is 10.1. The summed E-state index contributed by atoms with van der Waals surface area (Å²) in [5.74, 6) is -1.21. The summed E-state index contributed by atoms with van der Waals surface area (Å²) in [7, 11) is 0. The number of benzene rings is 1. The molecule has 8 heteroatoms. The van der Waals surface area contributed by atoms with Crippen LogP contribution in [0.2, 0.25) is 0 Å². The molecule has 0 amide bonds. The normalized spacial score (nSPS) is 22.2. The number of piperidine rings is 1. The quantitative estimate of drug-likeness (QED) is 0.661. The Bertz CT molecular complexity index is 986. The molecule has 0 radical (unpaired) electrons. The zero-order valence-electron chi connectivity index (χ0n) is 16.4. The first kappa shape index (κ1) is 20.8. The lowest BCUT2D eigenvalue weighted by atomic mass is 9.93. The van der Waals surface area contributed by atoms with Gasteiger partial charge in [-0.1, -0.05) is 24.3 Å². The number of likely N-dealkylation sites (tertiary alicyclic amines) is 1. The molecule has 6 nitrogen and oxygen atoms in total. The third-order valence-corrected chi connectivity index (χ3v) is 6.21. The summed E-state index contributed by atoms with van der Waals surface area (Å²) in [6.45, 7) is 0.946. The van der Waals surface area contributed by atoms with Gasteiger partial charge in [-0.25, -0.2) is 4.39 Å². The summed E-state index contributed by atoms with van der Waals surface area (Å²) in [5.41, 5.74) is 2.22. The maximum absolute atomic E-state index is 14.6. The first-order chi connectivity index (χ1) is 14.4. The number of carboxylic acid groups (broad SMARTS) is 1. The van der Waals surface area contributed by atoms with Crippen molar-refractivity contribution in [1.29, 1.82) is 0 Å². The molecule has 158 valence electrons. The summed E-state index contributed by atoms with van der Waals surface area (Å²) in [6.07, 6.45) is 7.70. The fraction of sp³-hybridized carbons (Fsp3) is 0.409. The smallest absolute Gasteiger partial charge is 0.325 e. The topological polar surface area (TPSA) is 75.4 Å². The lowest BCUT2D eigenvalue weighted by Gasteiger charge is -2.37. The number of rotatable bonds is 7. The van der Waals surface area contributed by atoms with Gasteiger partial charge < -0.3 is 5.11 Å². The standard InChI is InChI=1S/C22H24FN3O3S/c23-18-4-2-1-3-17(18)21(22(29)15-5-6-15)25-8-7-19(30)16(12-25)9-14-10-24-26(11-14)13-20(27)28/h1-4,9-11,15,19,21,30H,5-8,12-13H2,(H,27,28)/b16-9+. The lowest BCUT2D eigenvalue weighted by Crippen LogP contribution is -2.42. The summed E-state index contributed by atoms with van der Waals surface area (Å²) < 4.78 is 16.0. The van der Waals surface area contributed by atoms with Crippen LogP contribution < -0.4 is 0 Å². The van der Waals surface area contributed by atoms with Crippen LogP contribution in [0.1, 0.15) is 36.4 Å². The van der Waals surface area contributed by atoms with Crippen LogP contribution >= 0.6 is 12.6 Å². The van der Waals surface area contributed by atoms with Gasteiger partial charge in [0.25, 0.3) is 0 Å². The van der Waals surface area contributed by atoms with Crippen molar-refractivity contribution in [2.75, 3.05) is 13.1 Å². The van der Waals surface area contributed by atoms with Gasteiger partial charge >= 0.3 is 5.97 Å². The van der Waals surface area contributed by atoms with Gasteiger partial charge in [-0.2, -0.15) is 17.7 Å². The number of hydrogen-bond acceptors (Lipinski definition) is 5. The van der Waals surface area contributed by atoms with E-state index in [0.717, 1.165) is 30.4 Å². The number of aromatic nitrogens is 2. The van der Waals surface area contributed by atoms with Crippen molar-refractivity contribution in [1.82, 2.24) is 14.7 Å². The Kier molecular flexibility index (Phi) is 6.06. The Morgan fingerprint density at radius 2 is 2.07 bits per heavy atom. The number of thiol groups is 1. The number of hydrogen-bond donors (Lipinski definition) is 2. The van der Waals surface area contributed by atoms with Crippen molar-refractivity contribution < 1.29 is 19.1 Å². The summed E-state index contributed by atoms with van der Waals surface area (Å²) >= 11 is 4.70. The van der Waals surface area contributed by atoms with Crippen molar-refractivity contribution in [2.24, 2.45) is 5.92 Å². The average Bonchev–Trinajstić information content (AvgIpc) is 3.47. The van der Waals surface area contributed by atoms with E-state index in [1.165, 1.54) is 10.7 Å². The molecule has 1 saturated heterocycles. The fourth-order valence-corrected chi connectivity index (χ4v) is 4.24. The Morgan fingerprint density at radius 1 is 1.30 bits per heavy atom. The Hall–Kier alpha value is -2.45. The third kappa shape index (κ3) is 4.65. The summed E-state index contributed by atoms with van der Waals surface area (Å²) in [6, 6.07) is 5.91. The number of carbonyl (C=O) groups excluding carboxylic acids is 1. The van der Waals surface area contributed by atoms with Crippen LogP contribution in [0.15, 0.2) is 42.2 Å². The van der Waals surface area contributed by atoms with Crippen molar-refractivity contribution in [3.8, 4) is 0 Å². The summed E-state index contributed by atoms with van der Waals surface area (Å²) in [4.78, 5) is 26.0. The number of carbonyl (C=O) groups is 2. The molecule has 1 aromatic carbocycles. The monoisotopic (exact) mass is 429 g/mol. The van der Waals surface area contributed by atoms with Gasteiger partial charge in [0.15, 0.2) is 5.78 Å². The zero-order valence-corrected chi connectivity index (χ0v) is 17.3. The highest BCUT2D eigenvalue weighted by Gasteiger charge is 2.40. The van der Waals surface area contributed by atoms with Crippen LogP contribution in [0.4, 0.5) is 4.39 Å². The molecule has 4 rings (SSSR count). The molecule has 2 aromatic rings. The van der Waals surface area contributed by atoms with E-state index in [0.29, 0.717) is 18.7 Å². The van der Waals surface area contributed by atoms with Gasteiger partial charge in [0.05, 0.1) is 12.2 Å². The molecule has 2 aliphatic rings. The van der Waals surface area contributed by atoms with E-state index in [-0.39, 0.29) is 29.3 Å². The molecule has 1 saturated carbocycles. The molecule has 2 fully saturated rings. The Labute approximate surface area is 179 Å². The third-order valence-electron chi connectivity index (χ3n) is 5.62. The molecule has 1 aliphatic heterocycles. The van der Waals surface area contributed by atoms with E-state index in [4.69, 9.17) is 17.7 Å². The minimum Gasteiger partial charge on any atom is -0.480 e. The molecular weight excluding hydrogens is 405 g/mol. The van der Waals surface area contributed by atoms with E-state index in [1.807, 2.05) is 11.0 Å². The van der Waals surface area contributed by atoms with E-state index >= 15 is 0 Å². The number of carboxylic acids is 1. The molecule has 2 heterocycles. The molecule has 0 bridgehead atoms. The second-order valence-corrected chi connectivity index (χ2v) is 8.58. The van der Waals surface area contributed by atoms with Gasteiger partial charge in [-0.05, 0) is 30.9 Å². The molecule has 2 atom stereocenters. The number of halogens is 1. The molecule has 30 heavy (non-hydrogen) atoms. The van der Waals surface area contributed by atoms with Crippen LogP contribution in [0.25, 0.3) is 6.08 Å². The predicted octanol–water partition coefficient (Wildman–Crippen LogP) is 3.21. The molecule has 1 N–H and O–H groups in total. The Balaban J connectivity index is 1.60. The number of nitrogens with zero attached hydrogens (tertiary/aromatic N) is 3. The highest BCUT2D eigenvalue weighted by molar-refractivity contribution is 7.81. The van der Waals surface area contributed by atoms with E-state index in [9.17, 15) is 14.0 Å². The Morgan fingerprint density at radius 3 is 2.77 bits per heavy atom. The van der Waals surface area contributed by atoms with Crippen LogP contribution in [-0.2, 0) is 16.1 Å². The molecule has 1 aromatic heterocycles. The van der Waals surface area contributed by atoms with Crippen LogP contribution in [0.5, 0.6) is 0 Å². The molecule has 0 spiro atoms. The SMILES string of the molecule is O=C(O)Cn1cc(/C=C2\CN(C(C(=O)C3CC3)c3ccccc3F)CCC2S)cn1. The second kappa shape index (κ2) is 8.73. The molecule has 2 unspecified atom stereocenters. The molecule has 1 aliphatic carbocycles. The zero-order chi connectivity index (χ0) is 21.3. The number of Topliss-reactive ketones (excluding diaryl/α,β-unsaturated/α-hetero) is 1. The maximum Gasteiger partial charge on any atom is 0.325 e. The summed E-state index contributed by atoms with van der Waals surface area (Å²) in [5, 5.41) is 13.0. The largest absolute Gasteiger partial charge is 0.480 e. The van der Waals surface area contributed by atoms with E-state index in [1.54, 1.807) is 30.6 Å². The highest BCUT2D eigenvalue weighted by atomic mass is 32.1.